The van der Waals surface area contributed by atoms with Crippen LogP contribution in [0.5, 0.6) is 0 Å². The van der Waals surface area contributed by atoms with Crippen molar-refractivity contribution in [2.75, 3.05) is 18.4 Å². The van der Waals surface area contributed by atoms with E-state index >= 15 is 0 Å². The number of thiazole rings is 1. The van der Waals surface area contributed by atoms with Crippen LogP contribution in [0.15, 0.2) is 30.5 Å². The quantitative estimate of drug-likeness (QED) is 0.909. The molecule has 2 heterocycles. The van der Waals surface area contributed by atoms with Crippen molar-refractivity contribution in [1.82, 2.24) is 9.88 Å². The van der Waals surface area contributed by atoms with Gasteiger partial charge in [-0.2, -0.15) is 0 Å². The number of rotatable bonds is 5. The summed E-state index contributed by atoms with van der Waals surface area (Å²) >= 11 is 1.71. The second-order valence-electron chi connectivity index (χ2n) is 5.38. The fraction of sp³-hybridized carbons (Fsp3) is 0.438. The lowest BCUT2D eigenvalue weighted by Crippen LogP contribution is -2.19. The summed E-state index contributed by atoms with van der Waals surface area (Å²) in [6.07, 6.45) is 4.61. The summed E-state index contributed by atoms with van der Waals surface area (Å²) < 4.78 is 0. The van der Waals surface area contributed by atoms with Crippen LogP contribution in [0, 0.1) is 6.92 Å². The third-order valence-electron chi connectivity index (χ3n) is 3.76. The maximum Gasteiger partial charge on any atom is 0.183 e. The first-order valence-electron chi connectivity index (χ1n) is 7.27. The summed E-state index contributed by atoms with van der Waals surface area (Å²) in [5.41, 5.74) is 2.82. The zero-order chi connectivity index (χ0) is 13.8. The largest absolute Gasteiger partial charge is 0.357 e. The van der Waals surface area contributed by atoms with Crippen molar-refractivity contribution in [1.29, 1.82) is 0 Å². The molecular formula is C16H21N3S. The van der Waals surface area contributed by atoms with E-state index in [4.69, 9.17) is 0 Å². The summed E-state index contributed by atoms with van der Waals surface area (Å²) in [7, 11) is 0. The van der Waals surface area contributed by atoms with Crippen molar-refractivity contribution >= 4 is 16.5 Å². The molecule has 1 aromatic heterocycles. The van der Waals surface area contributed by atoms with Crippen LogP contribution in [0.4, 0.5) is 5.13 Å². The van der Waals surface area contributed by atoms with E-state index in [0.29, 0.717) is 0 Å². The van der Waals surface area contributed by atoms with Crippen LogP contribution in [-0.2, 0) is 13.1 Å². The number of hydrogen-bond acceptors (Lipinski definition) is 4. The number of aryl methyl sites for hydroxylation is 1. The summed E-state index contributed by atoms with van der Waals surface area (Å²) in [5.74, 6) is 0. The first-order valence-corrected chi connectivity index (χ1v) is 8.08. The van der Waals surface area contributed by atoms with E-state index in [-0.39, 0.29) is 0 Å². The van der Waals surface area contributed by atoms with E-state index in [1.54, 1.807) is 11.3 Å². The summed E-state index contributed by atoms with van der Waals surface area (Å²) in [6, 6.07) is 8.74. The number of aromatic nitrogens is 1. The fourth-order valence-corrected chi connectivity index (χ4v) is 3.33. The SMILES string of the molecule is Cc1cnc(NCc2ccccc2CN2CCCC2)s1. The molecule has 3 nitrogen and oxygen atoms in total. The van der Waals surface area contributed by atoms with Crippen molar-refractivity contribution in [3.05, 3.63) is 46.5 Å². The van der Waals surface area contributed by atoms with Crippen LogP contribution < -0.4 is 5.32 Å². The van der Waals surface area contributed by atoms with Crippen molar-refractivity contribution in [2.24, 2.45) is 0 Å². The van der Waals surface area contributed by atoms with Crippen molar-refractivity contribution in [3.8, 4) is 0 Å². The highest BCUT2D eigenvalue weighted by atomic mass is 32.1. The number of anilines is 1. The van der Waals surface area contributed by atoms with Gasteiger partial charge in [0.2, 0.25) is 0 Å². The van der Waals surface area contributed by atoms with Gasteiger partial charge in [0.1, 0.15) is 0 Å². The van der Waals surface area contributed by atoms with Gasteiger partial charge in [-0.25, -0.2) is 4.98 Å². The molecule has 0 unspecified atom stereocenters. The summed E-state index contributed by atoms with van der Waals surface area (Å²) in [5, 5.41) is 4.45. The smallest absolute Gasteiger partial charge is 0.183 e. The van der Waals surface area contributed by atoms with Crippen LogP contribution in [0.3, 0.4) is 0 Å². The Morgan fingerprint density at radius 1 is 1.20 bits per heavy atom. The molecule has 1 aromatic carbocycles. The molecule has 1 aliphatic heterocycles. The van der Waals surface area contributed by atoms with Crippen LogP contribution in [0.25, 0.3) is 0 Å². The van der Waals surface area contributed by atoms with Gasteiger partial charge in [-0.15, -0.1) is 11.3 Å². The highest BCUT2D eigenvalue weighted by Crippen LogP contribution is 2.20. The van der Waals surface area contributed by atoms with E-state index in [2.05, 4.69) is 46.4 Å². The molecule has 4 heteroatoms. The lowest BCUT2D eigenvalue weighted by Gasteiger charge is -2.17. The molecule has 3 rings (SSSR count). The van der Waals surface area contributed by atoms with E-state index in [1.165, 1.54) is 41.9 Å². The molecule has 0 saturated carbocycles. The maximum atomic E-state index is 4.36. The Labute approximate surface area is 124 Å². The number of nitrogens with zero attached hydrogens (tertiary/aromatic N) is 2. The zero-order valence-corrected chi connectivity index (χ0v) is 12.7. The lowest BCUT2D eigenvalue weighted by atomic mass is 10.1. The van der Waals surface area contributed by atoms with Gasteiger partial charge in [-0.05, 0) is 44.0 Å². The minimum Gasteiger partial charge on any atom is -0.357 e. The first-order chi connectivity index (χ1) is 9.81. The van der Waals surface area contributed by atoms with Gasteiger partial charge >= 0.3 is 0 Å². The Hall–Kier alpha value is -1.39. The Kier molecular flexibility index (Phi) is 4.33. The zero-order valence-electron chi connectivity index (χ0n) is 11.9. The normalized spacial score (nSPS) is 15.7. The van der Waals surface area contributed by atoms with Gasteiger partial charge in [-0.3, -0.25) is 4.90 Å². The van der Waals surface area contributed by atoms with Crippen LogP contribution in [0.1, 0.15) is 28.8 Å². The van der Waals surface area contributed by atoms with E-state index in [9.17, 15) is 0 Å². The summed E-state index contributed by atoms with van der Waals surface area (Å²) in [4.78, 5) is 8.16. The Morgan fingerprint density at radius 3 is 2.65 bits per heavy atom. The maximum absolute atomic E-state index is 4.36. The predicted molar refractivity (Wildman–Crippen MR) is 85.1 cm³/mol. The molecule has 1 N–H and O–H groups in total. The van der Waals surface area contributed by atoms with E-state index in [1.807, 2.05) is 6.20 Å². The topological polar surface area (TPSA) is 28.2 Å². The second-order valence-corrected chi connectivity index (χ2v) is 6.62. The highest BCUT2D eigenvalue weighted by Gasteiger charge is 2.13. The number of hydrogen-bond donors (Lipinski definition) is 1. The van der Waals surface area contributed by atoms with Gasteiger partial charge in [0.15, 0.2) is 5.13 Å². The fourth-order valence-electron chi connectivity index (χ4n) is 2.67. The molecule has 0 aliphatic carbocycles. The average molecular weight is 287 g/mol. The molecule has 0 spiro atoms. The predicted octanol–water partition coefficient (Wildman–Crippen LogP) is 3.66. The molecule has 20 heavy (non-hydrogen) atoms. The van der Waals surface area contributed by atoms with Crippen molar-refractivity contribution < 1.29 is 0 Å². The highest BCUT2D eigenvalue weighted by molar-refractivity contribution is 7.15. The van der Waals surface area contributed by atoms with Gasteiger partial charge in [0.25, 0.3) is 0 Å². The minimum atomic E-state index is 0.858. The van der Waals surface area contributed by atoms with Crippen molar-refractivity contribution in [3.63, 3.8) is 0 Å². The Morgan fingerprint density at radius 2 is 1.95 bits per heavy atom. The molecule has 1 fully saturated rings. The van der Waals surface area contributed by atoms with Gasteiger partial charge in [-0.1, -0.05) is 24.3 Å². The third-order valence-corrected chi connectivity index (χ3v) is 4.63. The monoisotopic (exact) mass is 287 g/mol. The van der Waals surface area contributed by atoms with Gasteiger partial charge < -0.3 is 5.32 Å². The molecule has 0 radical (unpaired) electrons. The number of likely N-dealkylation sites (tertiary alicyclic amines) is 1. The molecule has 0 atom stereocenters. The number of nitrogens with one attached hydrogen (secondary N) is 1. The Bertz CT molecular complexity index is 558. The van der Waals surface area contributed by atoms with Crippen LogP contribution in [0.2, 0.25) is 0 Å². The Balaban J connectivity index is 1.65. The number of benzene rings is 1. The molecule has 1 aliphatic rings. The first kappa shape index (κ1) is 13.6. The van der Waals surface area contributed by atoms with Gasteiger partial charge in [0, 0.05) is 24.2 Å². The van der Waals surface area contributed by atoms with Crippen LogP contribution in [-0.4, -0.2) is 23.0 Å². The molecule has 0 amide bonds. The second kappa shape index (κ2) is 6.37. The molecule has 0 bridgehead atoms. The standard InChI is InChI=1S/C16H21N3S/c1-13-10-17-16(20-13)18-11-14-6-2-3-7-15(14)12-19-8-4-5-9-19/h2-3,6-7,10H,4-5,8-9,11-12H2,1H3,(H,17,18). The van der Waals surface area contributed by atoms with Crippen LogP contribution >= 0.6 is 11.3 Å². The average Bonchev–Trinajstić information content (AvgIpc) is 3.10. The molecular weight excluding hydrogens is 266 g/mol. The summed E-state index contributed by atoms with van der Waals surface area (Å²) in [6.45, 7) is 6.51. The third kappa shape index (κ3) is 3.38. The molecule has 106 valence electrons. The molecule has 1 saturated heterocycles. The lowest BCUT2D eigenvalue weighted by molar-refractivity contribution is 0.330. The molecule has 2 aromatic rings. The van der Waals surface area contributed by atoms with Gasteiger partial charge in [0.05, 0.1) is 0 Å². The van der Waals surface area contributed by atoms with Crippen molar-refractivity contribution in [2.45, 2.75) is 32.9 Å². The van der Waals surface area contributed by atoms with E-state index in [0.717, 1.165) is 18.2 Å². The van der Waals surface area contributed by atoms with E-state index < -0.39 is 0 Å². The minimum absolute atomic E-state index is 0.858.